The van der Waals surface area contributed by atoms with E-state index in [-0.39, 0.29) is 11.0 Å². The second-order valence-electron chi connectivity index (χ2n) is 11.4. The molecule has 0 spiro atoms. The van der Waals surface area contributed by atoms with Crippen molar-refractivity contribution in [3.05, 3.63) is 54.2 Å². The molecule has 0 radical (unpaired) electrons. The number of phenols is 1. The molecular weight excluding hydrogens is 422 g/mol. The summed E-state index contributed by atoms with van der Waals surface area (Å²) in [6.45, 7) is 2.20. The number of pyridine rings is 1. The molecule has 3 aliphatic carbocycles. The number of benzene rings is 1. The first-order valence-corrected chi connectivity index (χ1v) is 13.5. The van der Waals surface area contributed by atoms with E-state index in [1.165, 1.54) is 32.1 Å². The number of para-hydroxylation sites is 1. The third-order valence-corrected chi connectivity index (χ3v) is 9.78. The molecule has 2 aromatic rings. The molecule has 2 saturated heterocycles. The zero-order valence-electron chi connectivity index (χ0n) is 20.3. The Hall–Kier alpha value is -2.11. The fourth-order valence-corrected chi connectivity index (χ4v) is 8.15. The summed E-state index contributed by atoms with van der Waals surface area (Å²) in [5.41, 5.74) is 0.870. The fraction of sp³-hybridized carbons (Fsp3) is 0.621. The topological polar surface area (TPSA) is 59.8 Å². The van der Waals surface area contributed by atoms with Gasteiger partial charge in [0.1, 0.15) is 11.6 Å². The van der Waals surface area contributed by atoms with Crippen LogP contribution in [0.15, 0.2) is 48.7 Å². The molecule has 3 heterocycles. The van der Waals surface area contributed by atoms with Crippen LogP contribution in [0, 0.1) is 0 Å². The van der Waals surface area contributed by atoms with E-state index in [0.717, 1.165) is 63.0 Å². The molecule has 5 aliphatic rings. The molecule has 7 rings (SSSR count). The average Bonchev–Trinajstić information content (AvgIpc) is 3.48. The van der Waals surface area contributed by atoms with Gasteiger partial charge in [-0.3, -0.25) is 4.90 Å². The van der Waals surface area contributed by atoms with Crippen molar-refractivity contribution >= 4 is 5.82 Å². The number of anilines is 1. The maximum atomic E-state index is 11.7. The maximum absolute atomic E-state index is 11.7. The summed E-state index contributed by atoms with van der Waals surface area (Å²) in [6.07, 6.45) is 13.8. The van der Waals surface area contributed by atoms with Gasteiger partial charge in [0.25, 0.3) is 0 Å². The van der Waals surface area contributed by atoms with E-state index >= 15 is 0 Å². The van der Waals surface area contributed by atoms with Crippen LogP contribution in [0.1, 0.15) is 76.2 Å². The van der Waals surface area contributed by atoms with Crippen LogP contribution in [0.5, 0.6) is 5.75 Å². The van der Waals surface area contributed by atoms with Crippen molar-refractivity contribution in [2.24, 2.45) is 0 Å². The summed E-state index contributed by atoms with van der Waals surface area (Å²) < 4.78 is 0. The van der Waals surface area contributed by atoms with Crippen molar-refractivity contribution in [1.29, 1.82) is 0 Å². The second kappa shape index (κ2) is 8.83. The third kappa shape index (κ3) is 3.63. The van der Waals surface area contributed by atoms with E-state index in [4.69, 9.17) is 0 Å². The third-order valence-electron chi connectivity index (χ3n) is 9.78. The van der Waals surface area contributed by atoms with E-state index in [1.807, 2.05) is 24.4 Å². The normalized spacial score (nSPS) is 36.5. The zero-order valence-corrected chi connectivity index (χ0v) is 20.3. The monoisotopic (exact) mass is 461 g/mol. The van der Waals surface area contributed by atoms with Crippen molar-refractivity contribution in [3.63, 3.8) is 0 Å². The first kappa shape index (κ1) is 22.4. The van der Waals surface area contributed by atoms with Gasteiger partial charge in [0.05, 0.1) is 6.10 Å². The minimum absolute atomic E-state index is 0.207. The van der Waals surface area contributed by atoms with Crippen LogP contribution >= 0.6 is 0 Å². The number of hydrogen-bond acceptors (Lipinski definition) is 5. The molecule has 4 bridgehead atoms. The summed E-state index contributed by atoms with van der Waals surface area (Å²) in [5, 5.41) is 22.5. The lowest BCUT2D eigenvalue weighted by atomic mass is 9.62. The van der Waals surface area contributed by atoms with Crippen molar-refractivity contribution in [1.82, 2.24) is 9.88 Å². The summed E-state index contributed by atoms with van der Waals surface area (Å²) in [5.74, 6) is 1.48. The minimum Gasteiger partial charge on any atom is -0.508 e. The van der Waals surface area contributed by atoms with Gasteiger partial charge < -0.3 is 15.1 Å². The maximum Gasteiger partial charge on any atom is 0.128 e. The van der Waals surface area contributed by atoms with E-state index in [0.29, 0.717) is 17.8 Å². The summed E-state index contributed by atoms with van der Waals surface area (Å²) in [4.78, 5) is 10.0. The number of phenolic OH excluding ortho intramolecular Hbond substituents is 1. The van der Waals surface area contributed by atoms with Crippen LogP contribution in [-0.2, 0) is 5.41 Å². The van der Waals surface area contributed by atoms with Crippen LogP contribution in [-0.4, -0.2) is 56.9 Å². The quantitative estimate of drug-likeness (QED) is 0.672. The van der Waals surface area contributed by atoms with Crippen LogP contribution in [0.25, 0.3) is 0 Å². The second-order valence-corrected chi connectivity index (χ2v) is 11.4. The number of aliphatic hydroxyl groups is 1. The number of fused-ring (bicyclic) bond motifs is 10. The van der Waals surface area contributed by atoms with E-state index < -0.39 is 6.10 Å². The van der Waals surface area contributed by atoms with Crippen molar-refractivity contribution < 1.29 is 10.2 Å². The lowest BCUT2D eigenvalue weighted by Crippen LogP contribution is -2.59. The summed E-state index contributed by atoms with van der Waals surface area (Å²) >= 11 is 0. The SMILES string of the molecule is Oc1ccccc1C12CCCCCC(N3C[C@H]4C[C@@H]3CN4c3ccccn3)(CCC1)CCC2O. The average molecular weight is 462 g/mol. The molecule has 3 saturated carbocycles. The van der Waals surface area contributed by atoms with Gasteiger partial charge in [-0.1, -0.05) is 49.9 Å². The molecule has 5 nitrogen and oxygen atoms in total. The Kier molecular flexibility index (Phi) is 5.81. The lowest BCUT2D eigenvalue weighted by Gasteiger charge is -2.52. The van der Waals surface area contributed by atoms with Crippen LogP contribution in [0.2, 0.25) is 0 Å². The first-order valence-electron chi connectivity index (χ1n) is 13.5. The number of aromatic nitrogens is 1. The van der Waals surface area contributed by atoms with E-state index in [2.05, 4.69) is 33.0 Å². The van der Waals surface area contributed by atoms with Gasteiger partial charge >= 0.3 is 0 Å². The molecule has 0 amide bonds. The van der Waals surface area contributed by atoms with E-state index in [9.17, 15) is 10.2 Å². The highest BCUT2D eigenvalue weighted by atomic mass is 16.3. The number of piperazine rings is 1. The van der Waals surface area contributed by atoms with Gasteiger partial charge in [-0.15, -0.1) is 0 Å². The Bertz CT molecular complexity index is 1000. The number of aromatic hydroxyl groups is 1. The molecule has 2 N–H and O–H groups in total. The standard InChI is InChI=1S/C29H39N3O2/c33-25-10-3-2-9-24(25)29-15-6-1-5-13-28(14-8-16-29,17-12-26(29)34)32-21-22-19-23(32)20-31(22)27-11-4-7-18-30-27/h2-4,7,9-11,18,22-23,26,33-34H,1,5-6,8,12-17,19-21H2/t22-,23-,26?,28?,29?/m1/s1. The van der Waals surface area contributed by atoms with Gasteiger partial charge in [0, 0.05) is 47.9 Å². The molecule has 2 aliphatic heterocycles. The van der Waals surface area contributed by atoms with Crippen LogP contribution < -0.4 is 4.90 Å². The van der Waals surface area contributed by atoms with Gasteiger partial charge in [0.15, 0.2) is 0 Å². The summed E-state index contributed by atoms with van der Waals surface area (Å²) in [6, 6.07) is 15.2. The smallest absolute Gasteiger partial charge is 0.128 e. The highest BCUT2D eigenvalue weighted by Crippen LogP contribution is 2.51. The molecule has 3 unspecified atom stereocenters. The summed E-state index contributed by atoms with van der Waals surface area (Å²) in [7, 11) is 0. The number of aliphatic hydroxyl groups excluding tert-OH is 1. The number of likely N-dealkylation sites (tertiary alicyclic amines) is 1. The van der Waals surface area contributed by atoms with Crippen LogP contribution in [0.4, 0.5) is 5.82 Å². The molecule has 34 heavy (non-hydrogen) atoms. The van der Waals surface area contributed by atoms with Crippen molar-refractivity contribution in [3.8, 4) is 5.75 Å². The molecule has 5 fully saturated rings. The van der Waals surface area contributed by atoms with Gasteiger partial charge in [-0.2, -0.15) is 0 Å². The Morgan fingerprint density at radius 3 is 2.41 bits per heavy atom. The molecule has 1 aromatic heterocycles. The molecule has 5 atom stereocenters. The first-order chi connectivity index (χ1) is 16.6. The highest BCUT2D eigenvalue weighted by molar-refractivity contribution is 5.43. The molecule has 1 aromatic carbocycles. The zero-order chi connectivity index (χ0) is 23.2. The fourth-order valence-electron chi connectivity index (χ4n) is 8.15. The Morgan fingerprint density at radius 1 is 0.824 bits per heavy atom. The number of rotatable bonds is 3. The predicted molar refractivity (Wildman–Crippen MR) is 135 cm³/mol. The lowest BCUT2D eigenvalue weighted by molar-refractivity contribution is -0.0192. The van der Waals surface area contributed by atoms with Crippen LogP contribution in [0.3, 0.4) is 0 Å². The molecule has 182 valence electrons. The highest BCUT2D eigenvalue weighted by Gasteiger charge is 2.53. The largest absolute Gasteiger partial charge is 0.508 e. The van der Waals surface area contributed by atoms with Crippen molar-refractivity contribution in [2.45, 2.75) is 99.8 Å². The minimum atomic E-state index is -0.400. The molecular formula is C29H39N3O2. The van der Waals surface area contributed by atoms with Gasteiger partial charge in [-0.05, 0) is 63.1 Å². The predicted octanol–water partition coefficient (Wildman–Crippen LogP) is 5.02. The Morgan fingerprint density at radius 2 is 1.62 bits per heavy atom. The Labute approximate surface area is 203 Å². The Balaban J connectivity index is 1.26. The van der Waals surface area contributed by atoms with E-state index in [1.54, 1.807) is 6.07 Å². The number of hydrogen-bond donors (Lipinski definition) is 2. The van der Waals surface area contributed by atoms with Gasteiger partial charge in [0.2, 0.25) is 0 Å². The molecule has 5 heteroatoms. The van der Waals surface area contributed by atoms with Crippen molar-refractivity contribution in [2.75, 3.05) is 18.0 Å². The van der Waals surface area contributed by atoms with Gasteiger partial charge in [-0.25, -0.2) is 4.98 Å². The number of nitrogens with zero attached hydrogens (tertiary/aromatic N) is 3.